The van der Waals surface area contributed by atoms with E-state index in [1.165, 1.54) is 16.4 Å². The van der Waals surface area contributed by atoms with Crippen molar-refractivity contribution in [2.45, 2.75) is 31.2 Å². The number of aryl methyl sites for hydroxylation is 1. The smallest absolute Gasteiger partial charge is 0.153 e. The molecule has 0 spiro atoms. The van der Waals surface area contributed by atoms with Crippen molar-refractivity contribution < 1.29 is 14.0 Å². The van der Waals surface area contributed by atoms with Crippen LogP contribution < -0.4 is 10.6 Å². The van der Waals surface area contributed by atoms with Gasteiger partial charge in [-0.25, -0.2) is 9.07 Å². The Hall–Kier alpha value is -1.90. The number of halogens is 1. The number of nitrogens with one attached hydrogen (secondary N) is 2. The van der Waals surface area contributed by atoms with Crippen LogP contribution in [-0.4, -0.2) is 50.8 Å². The Morgan fingerprint density at radius 2 is 2.30 bits per heavy atom. The number of hydrogen-bond donors (Lipinski definition) is 2. The Labute approximate surface area is 138 Å². The van der Waals surface area contributed by atoms with Gasteiger partial charge < -0.3 is 10.6 Å². The molecule has 1 aliphatic carbocycles. The molecule has 2 rings (SSSR count). The van der Waals surface area contributed by atoms with E-state index in [9.17, 15) is 14.0 Å². The lowest BCUT2D eigenvalue weighted by Crippen LogP contribution is -2.27. The van der Waals surface area contributed by atoms with Crippen molar-refractivity contribution in [3.05, 3.63) is 24.3 Å². The first-order valence-corrected chi connectivity index (χ1v) is 8.41. The maximum atomic E-state index is 12.2. The van der Waals surface area contributed by atoms with E-state index in [1.54, 1.807) is 6.20 Å². The number of alkyl halides is 1. The van der Waals surface area contributed by atoms with Crippen molar-refractivity contribution in [3.63, 3.8) is 0 Å². The Balaban J connectivity index is 1.58. The van der Waals surface area contributed by atoms with Gasteiger partial charge in [0.1, 0.15) is 18.2 Å². The summed E-state index contributed by atoms with van der Waals surface area (Å²) in [5.74, 6) is 1.43. The molecule has 0 bridgehead atoms. The Morgan fingerprint density at radius 3 is 3.00 bits per heavy atom. The molecule has 23 heavy (non-hydrogen) atoms. The molecule has 1 aromatic rings. The van der Waals surface area contributed by atoms with Crippen molar-refractivity contribution >= 4 is 23.3 Å². The molecule has 1 atom stereocenters. The maximum absolute atomic E-state index is 12.2. The molecule has 0 aliphatic heterocycles. The van der Waals surface area contributed by atoms with Gasteiger partial charge in [-0.3, -0.25) is 9.59 Å². The van der Waals surface area contributed by atoms with Gasteiger partial charge >= 0.3 is 0 Å². The van der Waals surface area contributed by atoms with E-state index in [2.05, 4.69) is 27.5 Å². The van der Waals surface area contributed by atoms with Gasteiger partial charge in [0.15, 0.2) is 5.78 Å². The highest BCUT2D eigenvalue weighted by Gasteiger charge is 2.30. The molecule has 0 aromatic carbocycles. The summed E-state index contributed by atoms with van der Waals surface area (Å²) in [4.78, 5) is 22.7. The molecule has 1 aliphatic rings. The zero-order valence-electron chi connectivity index (χ0n) is 12.8. The molecule has 1 heterocycles. The van der Waals surface area contributed by atoms with Crippen LogP contribution in [0.25, 0.3) is 0 Å². The Kier molecular flexibility index (Phi) is 6.57. The fourth-order valence-electron chi connectivity index (χ4n) is 2.13. The van der Waals surface area contributed by atoms with Crippen LogP contribution in [0.2, 0.25) is 0 Å². The van der Waals surface area contributed by atoms with E-state index in [-0.39, 0.29) is 29.8 Å². The normalized spacial score (nSPS) is 17.5. The first-order valence-electron chi connectivity index (χ1n) is 7.36. The molecule has 7 nitrogen and oxygen atoms in total. The number of Topliss-reactive ketones (excluding diaryl/α,β-unsaturated/α-hetero) is 2. The lowest BCUT2D eigenvalue weighted by Gasteiger charge is -2.12. The van der Waals surface area contributed by atoms with Gasteiger partial charge in [-0.15, -0.1) is 16.9 Å². The molecule has 0 saturated heterocycles. The van der Waals surface area contributed by atoms with Gasteiger partial charge in [-0.1, -0.05) is 11.8 Å². The predicted molar refractivity (Wildman–Crippen MR) is 85.5 cm³/mol. The standard InChI is InChI=1S/C14H20FN5O2S/c1-10(17-8-11-9-20(4-2-15)19-18-11)16-3-5-23-14-7-12(21)6-13(14)22/h9,14,16-17H,1-8H2/i15-1. The fourth-order valence-corrected chi connectivity index (χ4v) is 3.21. The summed E-state index contributed by atoms with van der Waals surface area (Å²) in [5.41, 5.74) is 0.700. The third-order valence-corrected chi connectivity index (χ3v) is 4.56. The lowest BCUT2D eigenvalue weighted by molar-refractivity contribution is -0.121. The van der Waals surface area contributed by atoms with Crippen LogP contribution >= 0.6 is 11.8 Å². The minimum atomic E-state index is -0.475. The van der Waals surface area contributed by atoms with Gasteiger partial charge in [0.05, 0.1) is 36.8 Å². The molecule has 0 amide bonds. The van der Waals surface area contributed by atoms with Crippen LogP contribution in [0.3, 0.4) is 0 Å². The van der Waals surface area contributed by atoms with E-state index in [4.69, 9.17) is 0 Å². The average Bonchev–Trinajstić information content (AvgIpc) is 3.08. The van der Waals surface area contributed by atoms with Crippen LogP contribution in [0, 0.1) is 0 Å². The first kappa shape index (κ1) is 17.5. The Morgan fingerprint density at radius 1 is 1.48 bits per heavy atom. The summed E-state index contributed by atoms with van der Waals surface area (Å²) in [5, 5.41) is 13.7. The summed E-state index contributed by atoms with van der Waals surface area (Å²) in [7, 11) is 0. The second kappa shape index (κ2) is 8.66. The highest BCUT2D eigenvalue weighted by Crippen LogP contribution is 2.23. The van der Waals surface area contributed by atoms with Crippen LogP contribution in [0.5, 0.6) is 0 Å². The SMILES string of the molecule is C=C(NCCSC1CC(=O)CC1=O)NCc1cn(CC[18F])nn1. The quantitative estimate of drug-likeness (QED) is 0.472. The summed E-state index contributed by atoms with van der Waals surface area (Å²) in [6.45, 7) is 4.65. The number of ketones is 2. The van der Waals surface area contributed by atoms with Gasteiger partial charge in [-0.2, -0.15) is 0 Å². The second-order valence-electron chi connectivity index (χ2n) is 5.17. The number of aromatic nitrogens is 3. The van der Waals surface area contributed by atoms with Gasteiger partial charge in [-0.05, 0) is 0 Å². The minimum absolute atomic E-state index is 0.0346. The van der Waals surface area contributed by atoms with Gasteiger partial charge in [0, 0.05) is 18.7 Å². The molecule has 0 radical (unpaired) electrons. The number of thioether (sulfide) groups is 1. The average molecular weight is 340 g/mol. The fraction of sp³-hybridized carbons (Fsp3) is 0.571. The first-order chi connectivity index (χ1) is 11.1. The van der Waals surface area contributed by atoms with Crippen molar-refractivity contribution in [2.75, 3.05) is 19.0 Å². The van der Waals surface area contributed by atoms with Crippen molar-refractivity contribution in [3.8, 4) is 0 Å². The van der Waals surface area contributed by atoms with E-state index < -0.39 is 6.67 Å². The van der Waals surface area contributed by atoms with Crippen LogP contribution in [0.1, 0.15) is 18.5 Å². The number of hydrogen-bond acceptors (Lipinski definition) is 7. The van der Waals surface area contributed by atoms with E-state index in [1.807, 2.05) is 0 Å². The summed E-state index contributed by atoms with van der Waals surface area (Å²) >= 11 is 1.50. The van der Waals surface area contributed by atoms with E-state index >= 15 is 0 Å². The number of carbonyl (C=O) groups excluding carboxylic acids is 2. The Bertz CT molecular complexity index is 577. The third-order valence-electron chi connectivity index (χ3n) is 3.29. The van der Waals surface area contributed by atoms with Crippen LogP contribution in [-0.2, 0) is 22.7 Å². The largest absolute Gasteiger partial charge is 0.372 e. The minimum Gasteiger partial charge on any atom is -0.372 e. The third kappa shape index (κ3) is 5.66. The molecular formula is C14H20FN5O2S. The van der Waals surface area contributed by atoms with Crippen LogP contribution in [0.15, 0.2) is 18.6 Å². The highest BCUT2D eigenvalue weighted by atomic mass is 32.2. The van der Waals surface area contributed by atoms with Crippen molar-refractivity contribution in [1.82, 2.24) is 25.6 Å². The number of nitrogens with zero attached hydrogens (tertiary/aromatic N) is 3. The molecule has 1 unspecified atom stereocenters. The molecular weight excluding hydrogens is 320 g/mol. The highest BCUT2D eigenvalue weighted by molar-refractivity contribution is 8.00. The predicted octanol–water partition coefficient (Wildman–Crippen LogP) is 0.432. The lowest BCUT2D eigenvalue weighted by atomic mass is 10.3. The molecule has 1 fully saturated rings. The van der Waals surface area contributed by atoms with E-state index in [0.717, 1.165) is 5.75 Å². The topological polar surface area (TPSA) is 88.9 Å². The summed E-state index contributed by atoms with van der Waals surface area (Å²) in [6, 6.07) is 0. The van der Waals surface area contributed by atoms with Gasteiger partial charge in [0.25, 0.3) is 0 Å². The number of rotatable bonds is 10. The van der Waals surface area contributed by atoms with E-state index in [0.29, 0.717) is 31.0 Å². The van der Waals surface area contributed by atoms with Gasteiger partial charge in [0.2, 0.25) is 0 Å². The molecule has 1 saturated carbocycles. The molecule has 1 aromatic heterocycles. The zero-order chi connectivity index (χ0) is 16.7. The number of carbonyl (C=O) groups is 2. The molecule has 2 N–H and O–H groups in total. The monoisotopic (exact) mass is 340 g/mol. The zero-order valence-corrected chi connectivity index (χ0v) is 13.6. The summed E-state index contributed by atoms with van der Waals surface area (Å²) in [6.07, 6.45) is 2.12. The summed E-state index contributed by atoms with van der Waals surface area (Å²) < 4.78 is 13.6. The molecule has 9 heteroatoms. The van der Waals surface area contributed by atoms with Crippen molar-refractivity contribution in [2.24, 2.45) is 0 Å². The maximum Gasteiger partial charge on any atom is 0.153 e. The van der Waals surface area contributed by atoms with Crippen molar-refractivity contribution in [1.29, 1.82) is 0 Å². The second-order valence-corrected chi connectivity index (χ2v) is 6.48. The van der Waals surface area contributed by atoms with Crippen LogP contribution in [0.4, 0.5) is 4.39 Å². The molecule has 126 valence electrons.